The van der Waals surface area contributed by atoms with E-state index < -0.39 is 5.97 Å². The first-order valence-corrected chi connectivity index (χ1v) is 12.2. The topological polar surface area (TPSA) is 81.4 Å². The second-order valence-electron chi connectivity index (χ2n) is 9.38. The summed E-state index contributed by atoms with van der Waals surface area (Å²) in [6.45, 7) is 1.89. The van der Waals surface area contributed by atoms with Crippen molar-refractivity contribution >= 4 is 34.4 Å². The molecule has 0 bridgehead atoms. The fraction of sp³-hybridized carbons (Fsp3) is 0.393. The fourth-order valence-corrected chi connectivity index (χ4v) is 5.24. The van der Waals surface area contributed by atoms with Crippen LogP contribution >= 0.6 is 0 Å². The largest absolute Gasteiger partial charge is 0.465 e. The van der Waals surface area contributed by atoms with E-state index in [1.807, 2.05) is 42.5 Å². The molecule has 0 aliphatic heterocycles. The van der Waals surface area contributed by atoms with E-state index in [0.29, 0.717) is 11.5 Å². The van der Waals surface area contributed by atoms with Crippen LogP contribution in [0, 0.1) is 5.92 Å². The molecule has 2 unspecified atom stereocenters. The van der Waals surface area contributed by atoms with Gasteiger partial charge < -0.3 is 14.5 Å². The molecule has 0 saturated heterocycles. The molecule has 3 aromatic rings. The standard InChI is InChI=1S/C28H30N2O4/c1-18-8-2-4-13-23(18)29-25(31)17-34-28(32)26-21-11-3-5-14-24(21)30-27-19(9-6-12-22(26)27)16-20-10-7-15-33-20/h3,5,7,10-11,14-16,18,23H,2,4,6,8-9,12-13,17H2,1H3,(H,29,31)/b19-16-. The number of amides is 1. The lowest BCUT2D eigenvalue weighted by Gasteiger charge is -2.29. The van der Waals surface area contributed by atoms with Gasteiger partial charge in [0.15, 0.2) is 6.61 Å². The molecular formula is C28H30N2O4. The minimum absolute atomic E-state index is 0.156. The highest BCUT2D eigenvalue weighted by molar-refractivity contribution is 6.07. The number of nitrogens with zero attached hydrogens (tertiary/aromatic N) is 1. The van der Waals surface area contributed by atoms with Crippen molar-refractivity contribution in [1.29, 1.82) is 0 Å². The van der Waals surface area contributed by atoms with Gasteiger partial charge in [-0.25, -0.2) is 9.78 Å². The van der Waals surface area contributed by atoms with Crippen LogP contribution in [-0.2, 0) is 16.0 Å². The molecule has 2 aliphatic rings. The summed E-state index contributed by atoms with van der Waals surface area (Å²) in [7, 11) is 0. The Labute approximate surface area is 199 Å². The Bertz CT molecular complexity index is 1230. The van der Waals surface area contributed by atoms with Crippen LogP contribution < -0.4 is 5.32 Å². The van der Waals surface area contributed by atoms with Gasteiger partial charge >= 0.3 is 5.97 Å². The molecule has 5 rings (SSSR count). The average Bonchev–Trinajstić information content (AvgIpc) is 3.36. The minimum Gasteiger partial charge on any atom is -0.465 e. The van der Waals surface area contributed by atoms with E-state index in [1.165, 1.54) is 6.42 Å². The van der Waals surface area contributed by atoms with Gasteiger partial charge in [-0.2, -0.15) is 0 Å². The number of fused-ring (bicyclic) bond motifs is 2. The third kappa shape index (κ3) is 4.63. The van der Waals surface area contributed by atoms with Crippen LogP contribution in [0.3, 0.4) is 0 Å². The smallest absolute Gasteiger partial charge is 0.339 e. The van der Waals surface area contributed by atoms with E-state index >= 15 is 0 Å². The molecule has 1 N–H and O–H groups in total. The second kappa shape index (κ2) is 9.84. The molecule has 2 aromatic heterocycles. The number of para-hydroxylation sites is 1. The van der Waals surface area contributed by atoms with E-state index in [-0.39, 0.29) is 18.6 Å². The van der Waals surface area contributed by atoms with Gasteiger partial charge in [-0.15, -0.1) is 0 Å². The van der Waals surface area contributed by atoms with E-state index in [9.17, 15) is 9.59 Å². The molecular weight excluding hydrogens is 428 g/mol. The van der Waals surface area contributed by atoms with E-state index in [0.717, 1.165) is 72.0 Å². The van der Waals surface area contributed by atoms with Crippen LogP contribution in [0.2, 0.25) is 0 Å². The molecule has 1 aromatic carbocycles. The summed E-state index contributed by atoms with van der Waals surface area (Å²) in [5.41, 5.74) is 3.99. The zero-order valence-electron chi connectivity index (χ0n) is 19.5. The van der Waals surface area contributed by atoms with Crippen molar-refractivity contribution < 1.29 is 18.7 Å². The van der Waals surface area contributed by atoms with Crippen LogP contribution in [0.1, 0.15) is 72.8 Å². The maximum atomic E-state index is 13.3. The Kier molecular flexibility index (Phi) is 6.48. The van der Waals surface area contributed by atoms with E-state index in [1.54, 1.807) is 6.26 Å². The number of hydrogen-bond donors (Lipinski definition) is 1. The second-order valence-corrected chi connectivity index (χ2v) is 9.38. The summed E-state index contributed by atoms with van der Waals surface area (Å²) in [5.74, 6) is 0.498. The maximum absolute atomic E-state index is 13.3. The number of nitrogens with one attached hydrogen (secondary N) is 1. The molecule has 176 valence electrons. The summed E-state index contributed by atoms with van der Waals surface area (Å²) in [5, 5.41) is 3.82. The van der Waals surface area contributed by atoms with Crippen molar-refractivity contribution in [3.05, 3.63) is 65.2 Å². The number of carbonyl (C=O) groups is 2. The van der Waals surface area contributed by atoms with Gasteiger partial charge in [0.1, 0.15) is 5.76 Å². The van der Waals surface area contributed by atoms with Crippen LogP contribution in [0.5, 0.6) is 0 Å². The number of aromatic nitrogens is 1. The predicted octanol–water partition coefficient (Wildman–Crippen LogP) is 5.56. The third-order valence-electron chi connectivity index (χ3n) is 7.03. The maximum Gasteiger partial charge on any atom is 0.339 e. The van der Waals surface area contributed by atoms with Crippen LogP contribution in [0.15, 0.2) is 47.1 Å². The number of benzene rings is 1. The van der Waals surface area contributed by atoms with Gasteiger partial charge in [0, 0.05) is 11.4 Å². The Morgan fingerprint density at radius 3 is 2.79 bits per heavy atom. The lowest BCUT2D eigenvalue weighted by Crippen LogP contribution is -2.42. The minimum atomic E-state index is -0.471. The Morgan fingerprint density at radius 1 is 1.12 bits per heavy atom. The molecule has 2 heterocycles. The molecule has 6 heteroatoms. The van der Waals surface area contributed by atoms with Gasteiger partial charge in [0.25, 0.3) is 5.91 Å². The monoisotopic (exact) mass is 458 g/mol. The van der Waals surface area contributed by atoms with Crippen molar-refractivity contribution in [3.8, 4) is 0 Å². The van der Waals surface area contributed by atoms with Gasteiger partial charge in [0.05, 0.1) is 23.0 Å². The molecule has 34 heavy (non-hydrogen) atoms. The normalized spacial score (nSPS) is 21.3. The zero-order valence-corrected chi connectivity index (χ0v) is 19.5. The van der Waals surface area contributed by atoms with E-state index in [4.69, 9.17) is 14.1 Å². The molecule has 6 nitrogen and oxygen atoms in total. The summed E-state index contributed by atoms with van der Waals surface area (Å²) in [6, 6.07) is 11.5. The lowest BCUT2D eigenvalue weighted by molar-refractivity contribution is -0.125. The molecule has 0 radical (unpaired) electrons. The summed E-state index contributed by atoms with van der Waals surface area (Å²) in [6.07, 6.45) is 10.6. The number of ether oxygens (including phenoxy) is 1. The number of rotatable bonds is 5. The Hall–Kier alpha value is -3.41. The Balaban J connectivity index is 1.42. The molecule has 2 atom stereocenters. The van der Waals surface area contributed by atoms with Gasteiger partial charge in [-0.3, -0.25) is 4.79 Å². The van der Waals surface area contributed by atoms with Gasteiger partial charge in [0.2, 0.25) is 0 Å². The quantitative estimate of drug-likeness (QED) is 0.507. The van der Waals surface area contributed by atoms with Crippen LogP contribution in [0.25, 0.3) is 22.6 Å². The molecule has 1 fully saturated rings. The first-order chi connectivity index (χ1) is 16.6. The highest BCUT2D eigenvalue weighted by Gasteiger charge is 2.27. The SMILES string of the molecule is CC1CCCCC1NC(=O)COC(=O)c1c2c(nc3ccccc13)/C(=C\c1ccco1)CCC2. The zero-order chi connectivity index (χ0) is 23.5. The molecule has 1 amide bonds. The fourth-order valence-electron chi connectivity index (χ4n) is 5.24. The van der Waals surface area contributed by atoms with E-state index in [2.05, 4.69) is 12.2 Å². The van der Waals surface area contributed by atoms with Crippen molar-refractivity contribution in [2.24, 2.45) is 5.92 Å². The van der Waals surface area contributed by atoms with Crippen molar-refractivity contribution in [2.45, 2.75) is 57.9 Å². The number of furan rings is 1. The van der Waals surface area contributed by atoms with Gasteiger partial charge in [-0.05, 0) is 73.4 Å². The number of esters is 1. The summed E-state index contributed by atoms with van der Waals surface area (Å²) in [4.78, 5) is 30.8. The van der Waals surface area contributed by atoms with Crippen LogP contribution in [0.4, 0.5) is 0 Å². The van der Waals surface area contributed by atoms with Crippen molar-refractivity contribution in [1.82, 2.24) is 10.3 Å². The van der Waals surface area contributed by atoms with Crippen molar-refractivity contribution in [2.75, 3.05) is 6.61 Å². The molecule has 0 spiro atoms. The molecule has 1 saturated carbocycles. The molecule has 2 aliphatic carbocycles. The number of hydrogen-bond acceptors (Lipinski definition) is 5. The lowest BCUT2D eigenvalue weighted by atomic mass is 9.86. The highest BCUT2D eigenvalue weighted by atomic mass is 16.5. The third-order valence-corrected chi connectivity index (χ3v) is 7.03. The average molecular weight is 459 g/mol. The van der Waals surface area contributed by atoms with Crippen molar-refractivity contribution in [3.63, 3.8) is 0 Å². The highest BCUT2D eigenvalue weighted by Crippen LogP contribution is 2.36. The Morgan fingerprint density at radius 2 is 1.97 bits per heavy atom. The number of pyridine rings is 1. The summed E-state index contributed by atoms with van der Waals surface area (Å²) < 4.78 is 11.1. The summed E-state index contributed by atoms with van der Waals surface area (Å²) >= 11 is 0. The first kappa shape index (κ1) is 22.4. The number of allylic oxidation sites excluding steroid dienone is 1. The van der Waals surface area contributed by atoms with Crippen LogP contribution in [-0.4, -0.2) is 29.5 Å². The first-order valence-electron chi connectivity index (χ1n) is 12.2. The number of carbonyl (C=O) groups excluding carboxylic acids is 2. The predicted molar refractivity (Wildman–Crippen MR) is 131 cm³/mol. The van der Waals surface area contributed by atoms with Gasteiger partial charge in [-0.1, -0.05) is 38.0 Å².